The number of hydrogen-bond acceptors (Lipinski definition) is 7. The molecule has 38 heavy (non-hydrogen) atoms. The number of hydrogen-bond donors (Lipinski definition) is 4. The maximum absolute atomic E-state index is 12.3. The normalized spacial score (nSPS) is 11.2. The van der Waals surface area contributed by atoms with Crippen LogP contribution in [0.4, 0.5) is 0 Å². The summed E-state index contributed by atoms with van der Waals surface area (Å²) in [7, 11) is 1.51. The van der Waals surface area contributed by atoms with Crippen LogP contribution in [-0.4, -0.2) is 27.5 Å². The van der Waals surface area contributed by atoms with Crippen molar-refractivity contribution in [1.29, 1.82) is 0 Å². The van der Waals surface area contributed by atoms with Gasteiger partial charge >= 0.3 is 0 Å². The summed E-state index contributed by atoms with van der Waals surface area (Å²) in [6.45, 7) is 13.4. The Morgan fingerprint density at radius 1 is 0.842 bits per heavy atom. The van der Waals surface area contributed by atoms with Gasteiger partial charge in [0.15, 0.2) is 5.75 Å². The van der Waals surface area contributed by atoms with Gasteiger partial charge in [0.05, 0.1) is 17.9 Å². The highest BCUT2D eigenvalue weighted by atomic mass is 16.5. The molecule has 1 aromatic heterocycles. The molecule has 4 aromatic rings. The lowest BCUT2D eigenvalue weighted by Gasteiger charge is -2.20. The SMILES string of the molecule is C=C(C)c1cc2c(O)c3c(O)c(CC=C(C)C)c(OC)c(CC=C(C)C)c3oc2c2c(O)cc(=O)c(O)c12. The van der Waals surface area contributed by atoms with Crippen molar-refractivity contribution in [2.45, 2.75) is 47.5 Å². The maximum Gasteiger partial charge on any atom is 0.224 e. The molecule has 198 valence electrons. The van der Waals surface area contributed by atoms with E-state index in [0.29, 0.717) is 40.9 Å². The Labute approximate surface area is 220 Å². The standard InChI is InChI=1S/C31H32O7/c1-14(2)8-10-17-26(34)25-27(35)20-12-19(16(5)6)23-24(21(32)13-22(33)28(23)36)31(20)38-30(25)18(29(17)37-7)11-9-15(3)4/h8-9,12-13,32,34-36H,5,10-11H2,1-4,6-7H3. The molecule has 7 heteroatoms. The molecule has 4 N–H and O–H groups in total. The van der Waals surface area contributed by atoms with Crippen LogP contribution < -0.4 is 10.2 Å². The summed E-state index contributed by atoms with van der Waals surface area (Å²) in [5, 5.41) is 45.0. The number of allylic oxidation sites excluding steroid dienone is 5. The number of rotatable bonds is 6. The summed E-state index contributed by atoms with van der Waals surface area (Å²) in [5.74, 6) is -1.01. The van der Waals surface area contributed by atoms with Gasteiger partial charge in [-0.3, -0.25) is 4.79 Å². The number of phenols is 3. The summed E-state index contributed by atoms with van der Waals surface area (Å²) in [4.78, 5) is 12.3. The fourth-order valence-electron chi connectivity index (χ4n) is 4.77. The number of benzene rings is 3. The summed E-state index contributed by atoms with van der Waals surface area (Å²) in [5.41, 5.74) is 3.49. The van der Waals surface area contributed by atoms with Gasteiger partial charge in [-0.05, 0) is 59.1 Å². The average Bonchev–Trinajstić information content (AvgIpc) is 2.84. The predicted octanol–water partition coefficient (Wildman–Crippen LogP) is 6.98. The minimum atomic E-state index is -0.755. The highest BCUT2D eigenvalue weighted by Gasteiger charge is 2.27. The molecule has 0 bridgehead atoms. The molecular formula is C31H32O7. The van der Waals surface area contributed by atoms with Crippen molar-refractivity contribution in [3.8, 4) is 28.7 Å². The van der Waals surface area contributed by atoms with Gasteiger partial charge in [-0.2, -0.15) is 0 Å². The average molecular weight is 517 g/mol. The number of phenolic OH excluding ortho intramolecular Hbond substituents is 3. The largest absolute Gasteiger partial charge is 0.507 e. The zero-order chi connectivity index (χ0) is 28.0. The molecule has 0 aliphatic carbocycles. The summed E-state index contributed by atoms with van der Waals surface area (Å²) in [6, 6.07) is 2.44. The molecule has 0 fully saturated rings. The predicted molar refractivity (Wildman–Crippen MR) is 152 cm³/mol. The topological polar surface area (TPSA) is 120 Å². The van der Waals surface area contributed by atoms with Crippen LogP contribution >= 0.6 is 0 Å². The van der Waals surface area contributed by atoms with Crippen LogP contribution in [0.5, 0.6) is 28.7 Å². The molecule has 1 heterocycles. The second-order valence-corrected chi connectivity index (χ2v) is 10.0. The minimum absolute atomic E-state index is 0.0414. The van der Waals surface area contributed by atoms with E-state index in [4.69, 9.17) is 9.15 Å². The van der Waals surface area contributed by atoms with Crippen molar-refractivity contribution in [1.82, 2.24) is 0 Å². The van der Waals surface area contributed by atoms with Crippen LogP contribution in [0.1, 0.15) is 51.3 Å². The molecule has 4 rings (SSSR count). The minimum Gasteiger partial charge on any atom is -0.507 e. The van der Waals surface area contributed by atoms with Gasteiger partial charge in [0.1, 0.15) is 39.6 Å². The van der Waals surface area contributed by atoms with E-state index in [1.807, 2.05) is 39.8 Å². The second-order valence-electron chi connectivity index (χ2n) is 10.0. The Kier molecular flexibility index (Phi) is 6.89. The first-order chi connectivity index (χ1) is 17.9. The Morgan fingerprint density at radius 3 is 2.00 bits per heavy atom. The van der Waals surface area contributed by atoms with Crippen molar-refractivity contribution in [3.63, 3.8) is 0 Å². The van der Waals surface area contributed by atoms with Crippen LogP contribution in [0, 0.1) is 0 Å². The molecular weight excluding hydrogens is 484 g/mol. The maximum atomic E-state index is 12.3. The molecule has 7 nitrogen and oxygen atoms in total. The third kappa shape index (κ3) is 4.24. The van der Waals surface area contributed by atoms with Gasteiger partial charge in [0.25, 0.3) is 0 Å². The van der Waals surface area contributed by atoms with E-state index in [1.54, 1.807) is 6.92 Å². The fraction of sp³-hybridized carbons (Fsp3) is 0.258. The Hall–Kier alpha value is -4.39. The van der Waals surface area contributed by atoms with Crippen LogP contribution in [0.25, 0.3) is 38.3 Å². The van der Waals surface area contributed by atoms with Gasteiger partial charge in [0, 0.05) is 22.6 Å². The van der Waals surface area contributed by atoms with Gasteiger partial charge in [-0.1, -0.05) is 35.5 Å². The Balaban J connectivity index is 2.33. The molecule has 0 saturated heterocycles. The van der Waals surface area contributed by atoms with Crippen molar-refractivity contribution in [2.75, 3.05) is 7.11 Å². The van der Waals surface area contributed by atoms with Crippen LogP contribution in [0.15, 0.2) is 51.2 Å². The molecule has 3 aromatic carbocycles. The summed E-state index contributed by atoms with van der Waals surface area (Å²) < 4.78 is 12.1. The summed E-state index contributed by atoms with van der Waals surface area (Å²) in [6.07, 6.45) is 4.67. The van der Waals surface area contributed by atoms with Crippen molar-refractivity contribution in [2.24, 2.45) is 0 Å². The number of methoxy groups -OCH3 is 1. The van der Waals surface area contributed by atoms with Crippen LogP contribution in [-0.2, 0) is 12.8 Å². The van der Waals surface area contributed by atoms with Crippen molar-refractivity contribution >= 4 is 38.3 Å². The number of fused-ring (bicyclic) bond motifs is 4. The lowest BCUT2D eigenvalue weighted by molar-refractivity contribution is 0.397. The van der Waals surface area contributed by atoms with Crippen LogP contribution in [0.3, 0.4) is 0 Å². The zero-order valence-corrected chi connectivity index (χ0v) is 22.4. The number of ether oxygens (including phenoxy) is 1. The van der Waals surface area contributed by atoms with E-state index >= 15 is 0 Å². The lowest BCUT2D eigenvalue weighted by atomic mass is 9.92. The molecule has 0 spiro atoms. The lowest BCUT2D eigenvalue weighted by Crippen LogP contribution is -2.02. The first-order valence-electron chi connectivity index (χ1n) is 12.2. The Morgan fingerprint density at radius 2 is 1.45 bits per heavy atom. The highest BCUT2D eigenvalue weighted by molar-refractivity contribution is 6.18. The molecule has 0 aliphatic heterocycles. The van der Waals surface area contributed by atoms with E-state index in [1.165, 1.54) is 13.2 Å². The highest BCUT2D eigenvalue weighted by Crippen LogP contribution is 2.50. The number of aromatic hydroxyl groups is 4. The molecule has 0 unspecified atom stereocenters. The summed E-state index contributed by atoms with van der Waals surface area (Å²) >= 11 is 0. The zero-order valence-electron chi connectivity index (χ0n) is 22.4. The molecule has 0 radical (unpaired) electrons. The molecule has 0 aliphatic rings. The van der Waals surface area contributed by atoms with Gasteiger partial charge < -0.3 is 29.6 Å². The third-order valence-electron chi connectivity index (χ3n) is 6.63. The van der Waals surface area contributed by atoms with E-state index < -0.39 is 16.9 Å². The second kappa shape index (κ2) is 9.82. The van der Waals surface area contributed by atoms with Gasteiger partial charge in [-0.25, -0.2) is 0 Å². The first-order valence-corrected chi connectivity index (χ1v) is 12.2. The molecule has 0 atom stereocenters. The molecule has 0 amide bonds. The van der Waals surface area contributed by atoms with Gasteiger partial charge in [-0.15, -0.1) is 0 Å². The van der Waals surface area contributed by atoms with Gasteiger partial charge in [0.2, 0.25) is 5.43 Å². The monoisotopic (exact) mass is 516 g/mol. The van der Waals surface area contributed by atoms with Crippen LogP contribution in [0.2, 0.25) is 0 Å². The van der Waals surface area contributed by atoms with E-state index in [9.17, 15) is 25.2 Å². The van der Waals surface area contributed by atoms with E-state index in [-0.39, 0.29) is 44.2 Å². The first kappa shape index (κ1) is 26.7. The van der Waals surface area contributed by atoms with E-state index in [2.05, 4.69) is 6.58 Å². The van der Waals surface area contributed by atoms with Crippen molar-refractivity contribution < 1.29 is 29.6 Å². The molecule has 0 saturated carbocycles. The Bertz CT molecular complexity index is 1760. The van der Waals surface area contributed by atoms with Crippen molar-refractivity contribution in [3.05, 3.63) is 68.9 Å². The quantitative estimate of drug-likeness (QED) is 0.0944. The third-order valence-corrected chi connectivity index (χ3v) is 6.63. The fourth-order valence-corrected chi connectivity index (χ4v) is 4.77. The van der Waals surface area contributed by atoms with E-state index in [0.717, 1.165) is 17.2 Å². The smallest absolute Gasteiger partial charge is 0.224 e.